The summed E-state index contributed by atoms with van der Waals surface area (Å²) in [5, 5.41) is 7.59. The van der Waals surface area contributed by atoms with Crippen LogP contribution in [0.4, 0.5) is 5.69 Å². The van der Waals surface area contributed by atoms with Gasteiger partial charge in [0.15, 0.2) is 0 Å². The summed E-state index contributed by atoms with van der Waals surface area (Å²) in [5.74, 6) is -0.538. The second-order valence-electron chi connectivity index (χ2n) is 4.22. The van der Waals surface area contributed by atoms with E-state index in [1.165, 1.54) is 13.2 Å². The van der Waals surface area contributed by atoms with Gasteiger partial charge in [-0.25, -0.2) is 4.79 Å². The number of nitrogen functional groups attached to an aromatic ring is 2. The molecule has 0 saturated heterocycles. The number of anilines is 1. The molecule has 0 bridgehead atoms. The minimum Gasteiger partial charge on any atom is -0.465 e. The summed E-state index contributed by atoms with van der Waals surface area (Å²) in [6, 6.07) is 12.9. The lowest BCUT2D eigenvalue weighted by Gasteiger charge is -2.10. The first kappa shape index (κ1) is 13.6. The molecule has 0 atom stereocenters. The minimum atomic E-state index is -0.467. The number of ether oxygens (including phenoxy) is 1. The van der Waals surface area contributed by atoms with Gasteiger partial charge in [-0.15, -0.1) is 0 Å². The van der Waals surface area contributed by atoms with E-state index in [9.17, 15) is 4.79 Å². The molecule has 2 aromatic carbocycles. The number of esters is 1. The van der Waals surface area contributed by atoms with E-state index in [0.717, 1.165) is 0 Å². The van der Waals surface area contributed by atoms with Gasteiger partial charge in [0.25, 0.3) is 0 Å². The second-order valence-corrected chi connectivity index (χ2v) is 4.22. The first-order valence-electron chi connectivity index (χ1n) is 5.86. The van der Waals surface area contributed by atoms with Crippen LogP contribution in [0.2, 0.25) is 0 Å². The number of amidine groups is 1. The lowest BCUT2D eigenvalue weighted by molar-refractivity contribution is 0.0601. The van der Waals surface area contributed by atoms with Gasteiger partial charge in [-0.2, -0.15) is 0 Å². The molecule has 1 radical (unpaired) electrons. The van der Waals surface area contributed by atoms with Crippen LogP contribution in [0.5, 0.6) is 0 Å². The van der Waals surface area contributed by atoms with E-state index in [0.29, 0.717) is 27.9 Å². The molecule has 5 heteroatoms. The topological polar surface area (TPSA) is 102 Å². The van der Waals surface area contributed by atoms with E-state index >= 15 is 0 Å². The van der Waals surface area contributed by atoms with E-state index in [1.54, 1.807) is 30.3 Å². The molecule has 0 aliphatic rings. The molecule has 0 aliphatic carbocycles. The maximum Gasteiger partial charge on any atom is 0.337 e. The van der Waals surface area contributed by atoms with Crippen LogP contribution < -0.4 is 11.5 Å². The highest BCUT2D eigenvalue weighted by atomic mass is 16.5. The van der Waals surface area contributed by atoms with Crippen LogP contribution in [0.1, 0.15) is 15.9 Å². The third-order valence-corrected chi connectivity index (χ3v) is 2.84. The third-order valence-electron chi connectivity index (χ3n) is 2.84. The van der Waals surface area contributed by atoms with Crippen molar-refractivity contribution < 1.29 is 9.53 Å². The van der Waals surface area contributed by atoms with Crippen LogP contribution >= 0.6 is 0 Å². The molecule has 0 saturated carbocycles. The van der Waals surface area contributed by atoms with Gasteiger partial charge in [-0.1, -0.05) is 12.1 Å². The number of hydrogen-bond acceptors (Lipinski definition) is 4. The van der Waals surface area contributed by atoms with Crippen molar-refractivity contribution in [3.8, 4) is 11.1 Å². The first-order valence-corrected chi connectivity index (χ1v) is 5.86. The van der Waals surface area contributed by atoms with Crippen molar-refractivity contribution in [2.75, 3.05) is 12.8 Å². The van der Waals surface area contributed by atoms with Crippen molar-refractivity contribution in [3.63, 3.8) is 0 Å². The van der Waals surface area contributed by atoms with Crippen molar-refractivity contribution in [1.29, 1.82) is 5.41 Å². The van der Waals surface area contributed by atoms with Gasteiger partial charge >= 0.3 is 5.97 Å². The van der Waals surface area contributed by atoms with Gasteiger partial charge in [-0.3, -0.25) is 5.41 Å². The standard InChI is InChI=1S/C15H14N3O2/c1-20-15(19)10-6-9(7-11(16)8-10)12-4-2-3-5-13(12)14(17)18/h2,4-8H,16H2,1H3,(H3,17,18). The fourth-order valence-electron chi connectivity index (χ4n) is 1.95. The Morgan fingerprint density at radius 1 is 1.35 bits per heavy atom. The smallest absolute Gasteiger partial charge is 0.337 e. The molecule has 0 fully saturated rings. The van der Waals surface area contributed by atoms with E-state index in [-0.39, 0.29) is 5.84 Å². The van der Waals surface area contributed by atoms with Gasteiger partial charge in [-0.05, 0) is 41.5 Å². The highest BCUT2D eigenvalue weighted by molar-refractivity contribution is 6.02. The molecule has 20 heavy (non-hydrogen) atoms. The Hall–Kier alpha value is -2.82. The maximum absolute atomic E-state index is 11.6. The molecular formula is C15H14N3O2. The van der Waals surface area contributed by atoms with Gasteiger partial charge in [0, 0.05) is 11.3 Å². The molecule has 0 unspecified atom stereocenters. The molecular weight excluding hydrogens is 254 g/mol. The van der Waals surface area contributed by atoms with Crippen LogP contribution in [0.3, 0.4) is 0 Å². The molecule has 2 aromatic rings. The largest absolute Gasteiger partial charge is 0.465 e. The minimum absolute atomic E-state index is 0.0705. The predicted molar refractivity (Wildman–Crippen MR) is 77.5 cm³/mol. The molecule has 0 spiro atoms. The Morgan fingerprint density at radius 3 is 2.75 bits per heavy atom. The molecule has 101 valence electrons. The number of nitrogens with one attached hydrogen (secondary N) is 1. The lowest BCUT2D eigenvalue weighted by atomic mass is 9.97. The highest BCUT2D eigenvalue weighted by Gasteiger charge is 2.12. The van der Waals surface area contributed by atoms with Crippen LogP contribution in [0, 0.1) is 11.5 Å². The lowest BCUT2D eigenvalue weighted by Crippen LogP contribution is -2.12. The zero-order valence-corrected chi connectivity index (χ0v) is 10.9. The number of benzene rings is 2. The second kappa shape index (κ2) is 5.44. The van der Waals surface area contributed by atoms with Crippen molar-refractivity contribution in [1.82, 2.24) is 0 Å². The van der Waals surface area contributed by atoms with Crippen molar-refractivity contribution in [3.05, 3.63) is 53.6 Å². The number of rotatable bonds is 3. The normalized spacial score (nSPS) is 10.1. The van der Waals surface area contributed by atoms with Crippen LogP contribution in [-0.2, 0) is 4.74 Å². The fraction of sp³-hybridized carbons (Fsp3) is 0.0667. The number of carbonyl (C=O) groups excluding carboxylic acids is 1. The Balaban J connectivity index is 2.61. The first-order chi connectivity index (χ1) is 9.52. The molecule has 2 rings (SSSR count). The van der Waals surface area contributed by atoms with Gasteiger partial charge in [0.2, 0.25) is 0 Å². The number of nitrogens with two attached hydrogens (primary N) is 2. The van der Waals surface area contributed by atoms with Crippen molar-refractivity contribution in [2.24, 2.45) is 5.73 Å². The third kappa shape index (κ3) is 2.61. The van der Waals surface area contributed by atoms with Crippen molar-refractivity contribution in [2.45, 2.75) is 0 Å². The predicted octanol–water partition coefficient (Wildman–Crippen LogP) is 1.81. The Morgan fingerprint density at radius 2 is 2.10 bits per heavy atom. The number of methoxy groups -OCH3 is 1. The fourth-order valence-corrected chi connectivity index (χ4v) is 1.95. The number of carbonyl (C=O) groups is 1. The van der Waals surface area contributed by atoms with Crippen LogP contribution in [0.25, 0.3) is 11.1 Å². The molecule has 0 heterocycles. The molecule has 5 nitrogen and oxygen atoms in total. The van der Waals surface area contributed by atoms with Gasteiger partial charge < -0.3 is 16.2 Å². The van der Waals surface area contributed by atoms with Crippen LogP contribution in [-0.4, -0.2) is 18.9 Å². The highest BCUT2D eigenvalue weighted by Crippen LogP contribution is 2.27. The summed E-state index contributed by atoms with van der Waals surface area (Å²) in [6.45, 7) is 0. The summed E-state index contributed by atoms with van der Waals surface area (Å²) in [7, 11) is 1.31. The Kier molecular flexibility index (Phi) is 3.70. The van der Waals surface area contributed by atoms with Gasteiger partial charge in [0.1, 0.15) is 5.84 Å². The average molecular weight is 268 g/mol. The molecule has 0 aliphatic heterocycles. The summed E-state index contributed by atoms with van der Waals surface area (Å²) < 4.78 is 4.69. The molecule has 0 amide bonds. The van der Waals surface area contributed by atoms with E-state index < -0.39 is 5.97 Å². The van der Waals surface area contributed by atoms with E-state index in [4.69, 9.17) is 21.6 Å². The zero-order valence-electron chi connectivity index (χ0n) is 10.9. The summed E-state index contributed by atoms with van der Waals surface area (Å²) in [5.41, 5.74) is 14.1. The molecule has 5 N–H and O–H groups in total. The van der Waals surface area contributed by atoms with E-state index in [1.807, 2.05) is 0 Å². The quantitative estimate of drug-likeness (QED) is 0.342. The summed E-state index contributed by atoms with van der Waals surface area (Å²) in [4.78, 5) is 11.6. The Labute approximate surface area is 116 Å². The van der Waals surface area contributed by atoms with Crippen molar-refractivity contribution >= 4 is 17.5 Å². The number of hydrogen-bond donors (Lipinski definition) is 3. The summed E-state index contributed by atoms with van der Waals surface area (Å²) >= 11 is 0. The SMILES string of the molecule is COC(=O)c1cc(N)cc(-c2cc[c]cc2C(=N)N)c1. The monoisotopic (exact) mass is 268 g/mol. The zero-order chi connectivity index (χ0) is 14.7. The maximum atomic E-state index is 11.6. The summed E-state index contributed by atoms with van der Waals surface area (Å²) in [6.07, 6.45) is 0. The average Bonchev–Trinajstić information content (AvgIpc) is 2.45. The molecule has 0 aromatic heterocycles. The van der Waals surface area contributed by atoms with Gasteiger partial charge in [0.05, 0.1) is 12.7 Å². The Bertz CT molecular complexity index is 681. The van der Waals surface area contributed by atoms with Crippen LogP contribution in [0.15, 0.2) is 36.4 Å². The van der Waals surface area contributed by atoms with E-state index in [2.05, 4.69) is 6.07 Å².